The molecule has 0 aliphatic carbocycles. The summed E-state index contributed by atoms with van der Waals surface area (Å²) in [5.41, 5.74) is 0.677. The molecular weight excluding hydrogens is 418 g/mol. The number of hydrogen-bond acceptors (Lipinski definition) is 5. The molecule has 32 heavy (non-hydrogen) atoms. The number of aryl methyl sites for hydroxylation is 1. The highest BCUT2D eigenvalue weighted by atomic mass is 19.1. The number of rotatable bonds is 7. The number of likely N-dealkylation sites (tertiary alicyclic amines) is 1. The number of oxazole rings is 1. The first-order chi connectivity index (χ1) is 15.5. The predicted molar refractivity (Wildman–Crippen MR) is 113 cm³/mol. The largest absolute Gasteiger partial charge is 0.497 e. The van der Waals surface area contributed by atoms with Crippen molar-refractivity contribution in [3.63, 3.8) is 0 Å². The number of carbonyl (C=O) groups is 1. The highest BCUT2D eigenvalue weighted by molar-refractivity contribution is 5.77. The predicted octanol–water partition coefficient (Wildman–Crippen LogP) is 4.93. The van der Waals surface area contributed by atoms with Gasteiger partial charge in [-0.05, 0) is 37.1 Å². The third-order valence-electron chi connectivity index (χ3n) is 5.69. The molecule has 1 fully saturated rings. The zero-order valence-corrected chi connectivity index (χ0v) is 17.9. The van der Waals surface area contributed by atoms with Crippen LogP contribution in [-0.2, 0) is 11.2 Å². The molecule has 0 radical (unpaired) electrons. The highest BCUT2D eigenvalue weighted by Crippen LogP contribution is 2.39. The lowest BCUT2D eigenvalue weighted by molar-refractivity contribution is -0.132. The number of carbonyl (C=O) groups excluding carboxylic acids is 1. The quantitative estimate of drug-likeness (QED) is 0.519. The van der Waals surface area contributed by atoms with Gasteiger partial charge in [-0.25, -0.2) is 13.8 Å². The molecule has 0 spiro atoms. The van der Waals surface area contributed by atoms with E-state index in [-0.39, 0.29) is 42.0 Å². The maximum Gasteiger partial charge on any atom is 0.223 e. The summed E-state index contributed by atoms with van der Waals surface area (Å²) in [6, 6.07) is 9.11. The van der Waals surface area contributed by atoms with Crippen molar-refractivity contribution >= 4 is 5.91 Å². The lowest BCUT2D eigenvalue weighted by Gasteiger charge is -2.26. The molecule has 1 aromatic heterocycles. The molecule has 6 nitrogen and oxygen atoms in total. The fourth-order valence-electron chi connectivity index (χ4n) is 4.11. The summed E-state index contributed by atoms with van der Waals surface area (Å²) < 4.78 is 44.2. The topological polar surface area (TPSA) is 64.8 Å². The van der Waals surface area contributed by atoms with E-state index in [1.165, 1.54) is 12.3 Å². The lowest BCUT2D eigenvalue weighted by Crippen LogP contribution is -2.31. The molecule has 1 atom stereocenters. The van der Waals surface area contributed by atoms with Gasteiger partial charge in [0, 0.05) is 31.0 Å². The molecule has 168 valence electrons. The summed E-state index contributed by atoms with van der Waals surface area (Å²) in [6.45, 7) is 0.649. The maximum atomic E-state index is 14.0. The van der Waals surface area contributed by atoms with Crippen molar-refractivity contribution in [3.8, 4) is 22.8 Å². The minimum atomic E-state index is -0.725. The van der Waals surface area contributed by atoms with E-state index in [1.807, 2.05) is 23.1 Å². The van der Waals surface area contributed by atoms with Gasteiger partial charge in [-0.3, -0.25) is 4.79 Å². The van der Waals surface area contributed by atoms with Crippen LogP contribution in [0, 0.1) is 11.6 Å². The van der Waals surface area contributed by atoms with E-state index in [1.54, 1.807) is 14.2 Å². The van der Waals surface area contributed by atoms with Crippen molar-refractivity contribution < 1.29 is 27.5 Å². The van der Waals surface area contributed by atoms with Gasteiger partial charge in [0.2, 0.25) is 5.91 Å². The first-order valence-electron chi connectivity index (χ1n) is 10.4. The van der Waals surface area contributed by atoms with Gasteiger partial charge in [-0.1, -0.05) is 6.07 Å². The average molecular weight is 442 g/mol. The Morgan fingerprint density at radius 3 is 2.69 bits per heavy atom. The fourth-order valence-corrected chi connectivity index (χ4v) is 4.11. The van der Waals surface area contributed by atoms with Crippen LogP contribution in [0.25, 0.3) is 11.3 Å². The highest BCUT2D eigenvalue weighted by Gasteiger charge is 2.32. The van der Waals surface area contributed by atoms with Crippen molar-refractivity contribution in [3.05, 3.63) is 65.7 Å². The van der Waals surface area contributed by atoms with Crippen molar-refractivity contribution in [2.45, 2.75) is 31.7 Å². The van der Waals surface area contributed by atoms with Gasteiger partial charge in [-0.2, -0.15) is 0 Å². The summed E-state index contributed by atoms with van der Waals surface area (Å²) in [7, 11) is 3.19. The number of ether oxygens (including phenoxy) is 2. The van der Waals surface area contributed by atoms with Gasteiger partial charge < -0.3 is 18.8 Å². The molecule has 2 aromatic carbocycles. The molecule has 0 unspecified atom stereocenters. The van der Waals surface area contributed by atoms with Crippen LogP contribution in [-0.4, -0.2) is 36.6 Å². The van der Waals surface area contributed by atoms with Crippen molar-refractivity contribution in [2.75, 3.05) is 20.8 Å². The Hall–Kier alpha value is -3.42. The van der Waals surface area contributed by atoms with E-state index in [2.05, 4.69) is 4.98 Å². The van der Waals surface area contributed by atoms with Crippen LogP contribution >= 0.6 is 0 Å². The molecular formula is C24H24F2N2O4. The first kappa shape index (κ1) is 21.8. The lowest BCUT2D eigenvalue weighted by atomic mass is 10.0. The van der Waals surface area contributed by atoms with Crippen LogP contribution in [0.4, 0.5) is 8.78 Å². The van der Waals surface area contributed by atoms with Gasteiger partial charge in [-0.15, -0.1) is 0 Å². The van der Waals surface area contributed by atoms with Crippen LogP contribution in [0.3, 0.4) is 0 Å². The number of amides is 1. The molecule has 8 heteroatoms. The first-order valence-corrected chi connectivity index (χ1v) is 10.4. The number of aromatic nitrogens is 1. The minimum absolute atomic E-state index is 0.00469. The summed E-state index contributed by atoms with van der Waals surface area (Å²) >= 11 is 0. The van der Waals surface area contributed by atoms with Gasteiger partial charge in [0.25, 0.3) is 0 Å². The molecule has 0 bridgehead atoms. The van der Waals surface area contributed by atoms with Crippen molar-refractivity contribution in [1.29, 1.82) is 0 Å². The molecule has 4 rings (SSSR count). The Morgan fingerprint density at radius 2 is 1.97 bits per heavy atom. The van der Waals surface area contributed by atoms with Gasteiger partial charge in [0.15, 0.2) is 11.7 Å². The maximum absolute atomic E-state index is 14.0. The van der Waals surface area contributed by atoms with Crippen molar-refractivity contribution in [2.24, 2.45) is 0 Å². The smallest absolute Gasteiger partial charge is 0.223 e. The second-order valence-corrected chi connectivity index (χ2v) is 7.57. The SMILES string of the molecule is COc1ccc([C@H]2CCCN2C(=O)CCc2ncc(-c3c(F)cccc3F)o2)c(OC)c1. The number of nitrogens with zero attached hydrogens (tertiary/aromatic N) is 2. The van der Waals surface area contributed by atoms with Crippen molar-refractivity contribution in [1.82, 2.24) is 9.88 Å². The summed E-state index contributed by atoms with van der Waals surface area (Å²) in [5.74, 6) is 0.140. The van der Waals surface area contributed by atoms with Crippen LogP contribution in [0.15, 0.2) is 47.0 Å². The van der Waals surface area contributed by atoms with Gasteiger partial charge in [0.05, 0.1) is 32.0 Å². The van der Waals surface area contributed by atoms with Crippen LogP contribution < -0.4 is 9.47 Å². The average Bonchev–Trinajstić information content (AvgIpc) is 3.47. The van der Waals surface area contributed by atoms with E-state index in [4.69, 9.17) is 13.9 Å². The minimum Gasteiger partial charge on any atom is -0.497 e. The Kier molecular flexibility index (Phi) is 6.39. The van der Waals surface area contributed by atoms with Gasteiger partial charge in [0.1, 0.15) is 23.1 Å². The molecule has 0 saturated carbocycles. The summed E-state index contributed by atoms with van der Waals surface area (Å²) in [5, 5.41) is 0. The third kappa shape index (κ3) is 4.30. The van der Waals surface area contributed by atoms with Crippen LogP contribution in [0.2, 0.25) is 0 Å². The number of hydrogen-bond donors (Lipinski definition) is 0. The van der Waals surface area contributed by atoms with E-state index >= 15 is 0 Å². The molecule has 0 N–H and O–H groups in total. The molecule has 1 amide bonds. The van der Waals surface area contributed by atoms with E-state index < -0.39 is 11.6 Å². The Labute approximate surface area is 184 Å². The second kappa shape index (κ2) is 9.38. The molecule has 2 heterocycles. The normalized spacial score (nSPS) is 15.8. The Balaban J connectivity index is 1.45. The van der Waals surface area contributed by atoms with Crippen LogP contribution in [0.1, 0.15) is 36.8 Å². The molecule has 1 aliphatic heterocycles. The summed E-state index contributed by atoms with van der Waals surface area (Å²) in [6.07, 6.45) is 3.42. The molecule has 3 aromatic rings. The zero-order chi connectivity index (χ0) is 22.7. The fraction of sp³-hybridized carbons (Fsp3) is 0.333. The van der Waals surface area contributed by atoms with E-state index in [9.17, 15) is 13.6 Å². The monoisotopic (exact) mass is 442 g/mol. The number of methoxy groups -OCH3 is 2. The Morgan fingerprint density at radius 1 is 1.19 bits per heavy atom. The number of halogens is 2. The third-order valence-corrected chi connectivity index (χ3v) is 5.69. The number of benzene rings is 2. The van der Waals surface area contributed by atoms with E-state index in [0.717, 1.165) is 30.5 Å². The standard InChI is InChI=1S/C24H24F2N2O4/c1-30-15-8-9-16(20(13-15)31-2)19-7-4-12-28(19)23(29)11-10-22-27-14-21(32-22)24-17(25)5-3-6-18(24)26/h3,5-6,8-9,13-14,19H,4,7,10-12H2,1-2H3/t19-/m1/s1. The molecule has 1 saturated heterocycles. The van der Waals surface area contributed by atoms with Gasteiger partial charge >= 0.3 is 0 Å². The Bertz CT molecular complexity index is 1090. The zero-order valence-electron chi connectivity index (χ0n) is 17.9. The summed E-state index contributed by atoms with van der Waals surface area (Å²) in [4.78, 5) is 18.9. The molecule has 1 aliphatic rings. The van der Waals surface area contributed by atoms with E-state index in [0.29, 0.717) is 18.0 Å². The second-order valence-electron chi connectivity index (χ2n) is 7.57. The van der Waals surface area contributed by atoms with Crippen LogP contribution in [0.5, 0.6) is 11.5 Å².